The third-order valence-electron chi connectivity index (χ3n) is 5.28. The van der Waals surface area contributed by atoms with Crippen molar-refractivity contribution in [3.05, 3.63) is 50.1 Å². The minimum Gasteiger partial charge on any atom is -0.351 e. The number of nitrogens with two attached hydrogens (primary N) is 1. The second-order valence-electron chi connectivity index (χ2n) is 7.66. The van der Waals surface area contributed by atoms with Gasteiger partial charge in [0, 0.05) is 9.90 Å². The Kier molecular flexibility index (Phi) is 6.09. The lowest BCUT2D eigenvalue weighted by Crippen LogP contribution is -2.39. The lowest BCUT2D eigenvalue weighted by atomic mass is 9.89. The molecule has 162 valence electrons. The zero-order valence-electron chi connectivity index (χ0n) is 17.0. The van der Waals surface area contributed by atoms with E-state index in [0.717, 1.165) is 36.6 Å². The summed E-state index contributed by atoms with van der Waals surface area (Å²) in [6.07, 6.45) is 2.84. The van der Waals surface area contributed by atoms with Crippen LogP contribution in [0, 0.1) is 5.92 Å². The molecule has 0 aliphatic heterocycles. The number of thiophene rings is 1. The number of benzene rings is 1. The van der Waals surface area contributed by atoms with E-state index in [-0.39, 0.29) is 5.56 Å². The summed E-state index contributed by atoms with van der Waals surface area (Å²) in [6.45, 7) is 3.85. The Hall–Kier alpha value is -2.36. The lowest BCUT2D eigenvalue weighted by Gasteiger charge is -2.18. The third-order valence-corrected chi connectivity index (χ3v) is 7.73. The van der Waals surface area contributed by atoms with Crippen LogP contribution in [0.2, 0.25) is 5.02 Å². The van der Waals surface area contributed by atoms with Crippen LogP contribution in [0.5, 0.6) is 0 Å². The van der Waals surface area contributed by atoms with Crippen LogP contribution in [0.1, 0.15) is 30.7 Å². The van der Waals surface area contributed by atoms with Crippen molar-refractivity contribution in [2.75, 3.05) is 0 Å². The highest BCUT2D eigenvalue weighted by molar-refractivity contribution is 8.00. The summed E-state index contributed by atoms with van der Waals surface area (Å²) in [4.78, 5) is 43.6. The van der Waals surface area contributed by atoms with E-state index in [1.807, 2.05) is 0 Å². The summed E-state index contributed by atoms with van der Waals surface area (Å²) < 4.78 is 1.52. The highest BCUT2D eigenvalue weighted by Crippen LogP contribution is 2.37. The summed E-state index contributed by atoms with van der Waals surface area (Å²) in [6, 6.07) is 5.98. The number of fused-ring (bicyclic) bond motifs is 3. The van der Waals surface area contributed by atoms with Crippen LogP contribution in [0.25, 0.3) is 15.9 Å². The van der Waals surface area contributed by atoms with E-state index in [4.69, 9.17) is 22.3 Å². The molecule has 4 rings (SSSR count). The Labute approximate surface area is 192 Å². The molecule has 3 amide bonds. The number of imide groups is 1. The van der Waals surface area contributed by atoms with Crippen LogP contribution in [0.3, 0.4) is 0 Å². The molecule has 31 heavy (non-hydrogen) atoms. The molecule has 1 aliphatic carbocycles. The molecule has 2 aromatic heterocycles. The number of nitrogens with zero attached hydrogens (tertiary/aromatic N) is 2. The van der Waals surface area contributed by atoms with Gasteiger partial charge < -0.3 is 5.73 Å². The molecule has 0 radical (unpaired) electrons. The number of thioether (sulfide) groups is 1. The number of amides is 3. The van der Waals surface area contributed by atoms with Crippen molar-refractivity contribution in [2.45, 2.75) is 43.5 Å². The van der Waals surface area contributed by atoms with Crippen LogP contribution in [0.4, 0.5) is 4.79 Å². The Bertz CT molecular complexity index is 1240. The van der Waals surface area contributed by atoms with Crippen molar-refractivity contribution in [2.24, 2.45) is 11.7 Å². The molecule has 7 nitrogen and oxygen atoms in total. The van der Waals surface area contributed by atoms with Crippen molar-refractivity contribution < 1.29 is 9.59 Å². The maximum Gasteiger partial charge on any atom is 0.318 e. The Morgan fingerprint density at radius 2 is 2.06 bits per heavy atom. The molecule has 2 heterocycles. The number of hydrogen-bond acceptors (Lipinski definition) is 6. The Morgan fingerprint density at radius 3 is 2.74 bits per heavy atom. The first-order valence-corrected chi connectivity index (χ1v) is 11.9. The van der Waals surface area contributed by atoms with Crippen molar-refractivity contribution in [1.82, 2.24) is 14.9 Å². The first kappa shape index (κ1) is 21.9. The molecule has 0 bridgehead atoms. The van der Waals surface area contributed by atoms with Crippen molar-refractivity contribution in [3.63, 3.8) is 0 Å². The van der Waals surface area contributed by atoms with Crippen molar-refractivity contribution in [3.8, 4) is 5.69 Å². The molecule has 0 spiro atoms. The fraction of sp³-hybridized carbons (Fsp3) is 0.333. The van der Waals surface area contributed by atoms with E-state index >= 15 is 0 Å². The van der Waals surface area contributed by atoms with Gasteiger partial charge in [-0.3, -0.25) is 19.5 Å². The summed E-state index contributed by atoms with van der Waals surface area (Å²) in [5.41, 5.74) is 6.60. The van der Waals surface area contributed by atoms with Gasteiger partial charge in [0.05, 0.1) is 16.3 Å². The fourth-order valence-corrected chi connectivity index (χ4v) is 6.18. The lowest BCUT2D eigenvalue weighted by molar-refractivity contribution is -0.119. The van der Waals surface area contributed by atoms with Gasteiger partial charge in [0.1, 0.15) is 4.83 Å². The first-order valence-electron chi connectivity index (χ1n) is 9.84. The molecule has 0 fully saturated rings. The summed E-state index contributed by atoms with van der Waals surface area (Å²) in [5, 5.41) is 2.96. The predicted octanol–water partition coefficient (Wildman–Crippen LogP) is 3.90. The SMILES string of the molecule is CC1CCc2c(sc3nc(SC(C)C(=O)NC(N)=O)n(-c4ccc(Cl)cc4)c(=O)c23)C1. The topological polar surface area (TPSA) is 107 Å². The van der Waals surface area contributed by atoms with Gasteiger partial charge in [-0.2, -0.15) is 0 Å². The standard InChI is InChI=1S/C21H21ClN4O3S2/c1-10-3-8-14-15(9-10)31-18-16(14)19(28)26(13-6-4-12(22)5-7-13)21(25-18)30-11(2)17(27)24-20(23)29/h4-7,10-11H,3,8-9H2,1-2H3,(H3,23,24,27,29). The summed E-state index contributed by atoms with van der Waals surface area (Å²) >= 11 is 8.69. The average molecular weight is 477 g/mol. The molecule has 1 aromatic carbocycles. The zero-order chi connectivity index (χ0) is 22.3. The summed E-state index contributed by atoms with van der Waals surface area (Å²) in [5.74, 6) is 0.0271. The van der Waals surface area contributed by atoms with Gasteiger partial charge in [0.25, 0.3) is 5.56 Å². The Balaban J connectivity index is 1.88. The predicted molar refractivity (Wildman–Crippen MR) is 124 cm³/mol. The summed E-state index contributed by atoms with van der Waals surface area (Å²) in [7, 11) is 0. The molecule has 2 unspecified atom stereocenters. The highest BCUT2D eigenvalue weighted by Gasteiger charge is 2.26. The normalized spacial score (nSPS) is 16.7. The number of hydrogen-bond donors (Lipinski definition) is 2. The van der Waals surface area contributed by atoms with Crippen LogP contribution < -0.4 is 16.6 Å². The molecular formula is C21H21ClN4O3S2. The van der Waals surface area contributed by atoms with E-state index in [2.05, 4.69) is 12.2 Å². The number of aromatic nitrogens is 2. The zero-order valence-corrected chi connectivity index (χ0v) is 19.4. The van der Waals surface area contributed by atoms with E-state index < -0.39 is 17.2 Å². The van der Waals surface area contributed by atoms with Gasteiger partial charge in [-0.05, 0) is 61.9 Å². The number of carbonyl (C=O) groups is 2. The number of aryl methyl sites for hydroxylation is 1. The number of halogens is 1. The molecule has 1 aliphatic rings. The molecular weight excluding hydrogens is 456 g/mol. The maximum absolute atomic E-state index is 13.7. The van der Waals surface area contributed by atoms with Gasteiger partial charge in [0.15, 0.2) is 5.16 Å². The molecule has 10 heteroatoms. The minimum absolute atomic E-state index is 0.163. The molecule has 0 saturated carbocycles. The highest BCUT2D eigenvalue weighted by atomic mass is 35.5. The molecule has 3 N–H and O–H groups in total. The smallest absolute Gasteiger partial charge is 0.318 e. The quantitative estimate of drug-likeness (QED) is 0.438. The van der Waals surface area contributed by atoms with Gasteiger partial charge in [-0.1, -0.05) is 30.3 Å². The third kappa shape index (κ3) is 4.35. The average Bonchev–Trinajstić information content (AvgIpc) is 3.06. The number of urea groups is 1. The fourth-order valence-electron chi connectivity index (χ4n) is 3.70. The van der Waals surface area contributed by atoms with Crippen LogP contribution in [-0.2, 0) is 17.6 Å². The van der Waals surface area contributed by atoms with Crippen LogP contribution in [-0.4, -0.2) is 26.7 Å². The second kappa shape index (κ2) is 8.64. The Morgan fingerprint density at radius 1 is 1.35 bits per heavy atom. The first-order chi connectivity index (χ1) is 14.7. The van der Waals surface area contributed by atoms with Gasteiger partial charge >= 0.3 is 6.03 Å². The number of rotatable bonds is 4. The molecule has 0 saturated heterocycles. The van der Waals surface area contributed by atoms with Gasteiger partial charge in [0.2, 0.25) is 5.91 Å². The van der Waals surface area contributed by atoms with Gasteiger partial charge in [-0.15, -0.1) is 11.3 Å². The molecule has 3 aromatic rings. The largest absolute Gasteiger partial charge is 0.351 e. The maximum atomic E-state index is 13.7. The number of primary amides is 1. The van der Waals surface area contributed by atoms with Crippen molar-refractivity contribution >= 4 is 56.9 Å². The minimum atomic E-state index is -0.920. The number of nitrogens with one attached hydrogen (secondary N) is 1. The van der Waals surface area contributed by atoms with E-state index in [1.54, 1.807) is 42.5 Å². The second-order valence-corrected chi connectivity index (χ2v) is 10.5. The van der Waals surface area contributed by atoms with E-state index in [1.165, 1.54) is 9.44 Å². The van der Waals surface area contributed by atoms with Gasteiger partial charge in [-0.25, -0.2) is 9.78 Å². The van der Waals surface area contributed by atoms with Crippen LogP contribution in [0.15, 0.2) is 34.2 Å². The monoisotopic (exact) mass is 476 g/mol. The van der Waals surface area contributed by atoms with E-state index in [9.17, 15) is 14.4 Å². The van der Waals surface area contributed by atoms with Crippen molar-refractivity contribution in [1.29, 1.82) is 0 Å². The van der Waals surface area contributed by atoms with Crippen LogP contribution >= 0.6 is 34.7 Å². The number of carbonyl (C=O) groups excluding carboxylic acids is 2. The van der Waals surface area contributed by atoms with E-state index in [0.29, 0.717) is 32.0 Å². The molecule has 2 atom stereocenters.